The zero-order valence-electron chi connectivity index (χ0n) is 13.9. The molecular formula is C17H26IN3O2. The molecule has 1 aromatic rings. The van der Waals surface area contributed by atoms with Crippen molar-refractivity contribution in [3.8, 4) is 11.5 Å². The molecule has 1 fully saturated rings. The number of nitrogens with one attached hydrogen (secondary N) is 2. The molecule has 1 saturated carbocycles. The fraction of sp³-hybridized carbons (Fsp3) is 0.588. The summed E-state index contributed by atoms with van der Waals surface area (Å²) in [5.74, 6) is 2.57. The molecule has 1 heterocycles. The summed E-state index contributed by atoms with van der Waals surface area (Å²) in [5.41, 5.74) is 1.49. The molecule has 0 aromatic heterocycles. The Labute approximate surface area is 155 Å². The van der Waals surface area contributed by atoms with Crippen molar-refractivity contribution in [1.82, 2.24) is 10.6 Å². The van der Waals surface area contributed by atoms with Gasteiger partial charge in [0.05, 0.1) is 0 Å². The highest BCUT2D eigenvalue weighted by molar-refractivity contribution is 14.0. The molecule has 1 aliphatic heterocycles. The zero-order chi connectivity index (χ0) is 15.4. The summed E-state index contributed by atoms with van der Waals surface area (Å²) in [6.07, 6.45) is 6.26. The van der Waals surface area contributed by atoms with Crippen LogP contribution in [0.25, 0.3) is 0 Å². The van der Waals surface area contributed by atoms with Crippen LogP contribution in [-0.2, 0) is 5.41 Å². The van der Waals surface area contributed by atoms with E-state index in [4.69, 9.17) is 9.47 Å². The Morgan fingerprint density at radius 1 is 1.17 bits per heavy atom. The number of hydrogen-bond donors (Lipinski definition) is 2. The van der Waals surface area contributed by atoms with Gasteiger partial charge in [-0.15, -0.1) is 24.0 Å². The molecule has 0 saturated heterocycles. The van der Waals surface area contributed by atoms with Gasteiger partial charge in [-0.1, -0.05) is 25.3 Å². The van der Waals surface area contributed by atoms with Crippen LogP contribution < -0.4 is 20.1 Å². The van der Waals surface area contributed by atoms with Gasteiger partial charge in [-0.3, -0.25) is 4.99 Å². The molecule has 3 rings (SSSR count). The molecule has 0 radical (unpaired) electrons. The maximum atomic E-state index is 5.56. The Balaban J connectivity index is 0.00000192. The maximum Gasteiger partial charge on any atom is 0.231 e. The molecule has 0 unspecified atom stereocenters. The van der Waals surface area contributed by atoms with Gasteiger partial charge in [0.2, 0.25) is 6.79 Å². The minimum atomic E-state index is 0. The third-order valence-corrected chi connectivity index (χ3v) is 4.85. The van der Waals surface area contributed by atoms with Crippen molar-refractivity contribution in [3.05, 3.63) is 23.8 Å². The summed E-state index contributed by atoms with van der Waals surface area (Å²) in [6.45, 7) is 1.22. The quantitative estimate of drug-likeness (QED) is 0.439. The topological polar surface area (TPSA) is 54.9 Å². The number of nitrogens with zero attached hydrogens (tertiary/aromatic N) is 1. The van der Waals surface area contributed by atoms with E-state index >= 15 is 0 Å². The van der Waals surface area contributed by atoms with Gasteiger partial charge >= 0.3 is 0 Å². The standard InChI is InChI=1S/C17H25N3O2.HI/c1-18-16(19-2)20-11-17(8-4-3-5-9-17)13-6-7-14-15(10-13)22-12-21-14;/h6-7,10H,3-5,8-9,11-12H2,1-2H3,(H2,18,19,20);1H. The molecule has 0 spiro atoms. The normalized spacial score (nSPS) is 19.0. The van der Waals surface area contributed by atoms with Gasteiger partial charge in [0, 0.05) is 26.1 Å². The number of benzene rings is 1. The second-order valence-electron chi connectivity index (χ2n) is 6.08. The third-order valence-electron chi connectivity index (χ3n) is 4.85. The summed E-state index contributed by atoms with van der Waals surface area (Å²) < 4.78 is 11.0. The van der Waals surface area contributed by atoms with E-state index in [-0.39, 0.29) is 29.4 Å². The van der Waals surface area contributed by atoms with E-state index in [1.54, 1.807) is 7.05 Å². The second kappa shape index (κ2) is 8.08. The lowest BCUT2D eigenvalue weighted by atomic mass is 9.69. The van der Waals surface area contributed by atoms with Crippen molar-refractivity contribution in [2.24, 2.45) is 4.99 Å². The van der Waals surface area contributed by atoms with Gasteiger partial charge in [-0.05, 0) is 30.5 Å². The number of hydrogen-bond acceptors (Lipinski definition) is 3. The van der Waals surface area contributed by atoms with Crippen LogP contribution >= 0.6 is 24.0 Å². The Bertz CT molecular complexity index is 557. The molecule has 2 aliphatic rings. The second-order valence-corrected chi connectivity index (χ2v) is 6.08. The number of guanidine groups is 1. The number of rotatable bonds is 3. The molecule has 23 heavy (non-hydrogen) atoms. The van der Waals surface area contributed by atoms with E-state index in [0.29, 0.717) is 6.79 Å². The first-order valence-corrected chi connectivity index (χ1v) is 8.06. The van der Waals surface area contributed by atoms with Gasteiger partial charge in [0.1, 0.15) is 0 Å². The fourth-order valence-corrected chi connectivity index (χ4v) is 3.55. The average molecular weight is 431 g/mol. The lowest BCUT2D eigenvalue weighted by molar-refractivity contribution is 0.174. The molecule has 128 valence electrons. The minimum absolute atomic E-state index is 0. The van der Waals surface area contributed by atoms with Gasteiger partial charge in [0.25, 0.3) is 0 Å². The number of aliphatic imine (C=N–C) groups is 1. The van der Waals surface area contributed by atoms with Crippen LogP contribution in [0.2, 0.25) is 0 Å². The predicted molar refractivity (Wildman–Crippen MR) is 103 cm³/mol. The smallest absolute Gasteiger partial charge is 0.231 e. The Hall–Kier alpha value is -1.18. The lowest BCUT2D eigenvalue weighted by Gasteiger charge is -2.38. The molecule has 6 heteroatoms. The van der Waals surface area contributed by atoms with E-state index in [0.717, 1.165) is 24.0 Å². The van der Waals surface area contributed by atoms with Crippen molar-refractivity contribution in [2.45, 2.75) is 37.5 Å². The molecule has 1 aromatic carbocycles. The predicted octanol–water partition coefficient (Wildman–Crippen LogP) is 3.03. The average Bonchev–Trinajstić information content (AvgIpc) is 3.04. The van der Waals surface area contributed by atoms with Crippen LogP contribution in [0.3, 0.4) is 0 Å². The number of halogens is 1. The van der Waals surface area contributed by atoms with Crippen molar-refractivity contribution in [1.29, 1.82) is 0 Å². The molecular weight excluding hydrogens is 405 g/mol. The van der Waals surface area contributed by atoms with E-state index in [9.17, 15) is 0 Å². The van der Waals surface area contributed by atoms with Gasteiger partial charge in [-0.25, -0.2) is 0 Å². The Morgan fingerprint density at radius 2 is 1.91 bits per heavy atom. The summed E-state index contributed by atoms with van der Waals surface area (Å²) in [6, 6.07) is 6.40. The first-order chi connectivity index (χ1) is 10.8. The number of ether oxygens (including phenoxy) is 2. The van der Waals surface area contributed by atoms with Crippen LogP contribution in [0.5, 0.6) is 11.5 Å². The monoisotopic (exact) mass is 431 g/mol. The molecule has 0 bridgehead atoms. The molecule has 0 atom stereocenters. The molecule has 1 aliphatic carbocycles. The van der Waals surface area contributed by atoms with Crippen LogP contribution in [0.15, 0.2) is 23.2 Å². The number of fused-ring (bicyclic) bond motifs is 1. The molecule has 0 amide bonds. The minimum Gasteiger partial charge on any atom is -0.454 e. The Kier molecular flexibility index (Phi) is 6.38. The SMILES string of the molecule is CN=C(NC)NCC1(c2ccc3c(c2)OCO3)CCCCC1.I. The van der Waals surface area contributed by atoms with Crippen LogP contribution in [0.1, 0.15) is 37.7 Å². The van der Waals surface area contributed by atoms with Crippen LogP contribution in [-0.4, -0.2) is 33.4 Å². The van der Waals surface area contributed by atoms with E-state index in [1.807, 2.05) is 13.1 Å². The van der Waals surface area contributed by atoms with E-state index in [2.05, 4.69) is 27.8 Å². The van der Waals surface area contributed by atoms with Crippen molar-refractivity contribution >= 4 is 29.9 Å². The molecule has 2 N–H and O–H groups in total. The van der Waals surface area contributed by atoms with Crippen LogP contribution in [0.4, 0.5) is 0 Å². The Morgan fingerprint density at radius 3 is 2.61 bits per heavy atom. The van der Waals surface area contributed by atoms with E-state index in [1.165, 1.54) is 37.7 Å². The summed E-state index contributed by atoms with van der Waals surface area (Å²) in [4.78, 5) is 4.22. The lowest BCUT2D eigenvalue weighted by Crippen LogP contribution is -2.45. The third kappa shape index (κ3) is 3.84. The summed E-state index contributed by atoms with van der Waals surface area (Å²) in [5, 5.41) is 6.56. The van der Waals surface area contributed by atoms with Crippen molar-refractivity contribution < 1.29 is 9.47 Å². The van der Waals surface area contributed by atoms with Gasteiger partial charge < -0.3 is 20.1 Å². The first kappa shape index (κ1) is 18.2. The summed E-state index contributed by atoms with van der Waals surface area (Å²) >= 11 is 0. The summed E-state index contributed by atoms with van der Waals surface area (Å²) in [7, 11) is 3.69. The highest BCUT2D eigenvalue weighted by atomic mass is 127. The van der Waals surface area contributed by atoms with Gasteiger partial charge in [-0.2, -0.15) is 0 Å². The highest BCUT2D eigenvalue weighted by Crippen LogP contribution is 2.43. The van der Waals surface area contributed by atoms with Gasteiger partial charge in [0.15, 0.2) is 17.5 Å². The van der Waals surface area contributed by atoms with Crippen LogP contribution in [0, 0.1) is 0 Å². The zero-order valence-corrected chi connectivity index (χ0v) is 16.2. The van der Waals surface area contributed by atoms with Crippen molar-refractivity contribution in [2.75, 3.05) is 27.4 Å². The van der Waals surface area contributed by atoms with E-state index < -0.39 is 0 Å². The molecule has 5 nitrogen and oxygen atoms in total. The van der Waals surface area contributed by atoms with Crippen molar-refractivity contribution in [3.63, 3.8) is 0 Å². The largest absolute Gasteiger partial charge is 0.454 e. The fourth-order valence-electron chi connectivity index (χ4n) is 3.55. The highest BCUT2D eigenvalue weighted by Gasteiger charge is 2.35. The maximum absolute atomic E-state index is 5.56. The first-order valence-electron chi connectivity index (χ1n) is 8.06.